The molecule has 23 heavy (non-hydrogen) atoms. The van der Waals surface area contributed by atoms with Gasteiger partial charge in [-0.15, -0.1) is 0 Å². The van der Waals surface area contributed by atoms with Gasteiger partial charge in [-0.05, 0) is 33.7 Å². The molecule has 0 aliphatic rings. The Balaban J connectivity index is 2.10. The molecule has 0 fully saturated rings. The van der Waals surface area contributed by atoms with Crippen molar-refractivity contribution < 1.29 is 19.4 Å². The predicted octanol–water partition coefficient (Wildman–Crippen LogP) is 3.86. The molecule has 0 bridgehead atoms. The minimum absolute atomic E-state index is 0.385. The highest BCUT2D eigenvalue weighted by Crippen LogP contribution is 2.39. The molecule has 4 heteroatoms. The molecule has 4 aromatic rings. The molecule has 4 nitrogen and oxygen atoms in total. The second-order valence-corrected chi connectivity index (χ2v) is 5.44. The Bertz CT molecular complexity index is 1070. The highest BCUT2D eigenvalue weighted by Gasteiger charge is 2.13. The number of benzene rings is 4. The zero-order valence-electron chi connectivity index (χ0n) is 12.1. The molecule has 0 aliphatic carbocycles. The van der Waals surface area contributed by atoms with Crippen molar-refractivity contribution in [2.45, 2.75) is 0 Å². The normalized spacial score (nSPS) is 11.3. The van der Waals surface area contributed by atoms with Gasteiger partial charge in [0.1, 0.15) is 5.75 Å². The van der Waals surface area contributed by atoms with E-state index in [2.05, 4.69) is 0 Å². The summed E-state index contributed by atoms with van der Waals surface area (Å²) in [6.45, 7) is -0.385. The highest BCUT2D eigenvalue weighted by molar-refractivity contribution is 6.26. The lowest BCUT2D eigenvalue weighted by atomic mass is 9.92. The van der Waals surface area contributed by atoms with E-state index in [0.29, 0.717) is 11.3 Å². The third-order valence-corrected chi connectivity index (χ3v) is 4.14. The van der Waals surface area contributed by atoms with Gasteiger partial charge in [0.2, 0.25) is 0 Å². The first-order valence-electron chi connectivity index (χ1n) is 7.19. The first kappa shape index (κ1) is 13.5. The van der Waals surface area contributed by atoms with E-state index >= 15 is 0 Å². The van der Waals surface area contributed by atoms with Crippen LogP contribution in [-0.4, -0.2) is 24.0 Å². The fourth-order valence-corrected chi connectivity index (χ4v) is 3.16. The van der Waals surface area contributed by atoms with Crippen LogP contribution < -0.4 is 4.74 Å². The summed E-state index contributed by atoms with van der Waals surface area (Å²) in [5.41, 5.74) is 0.642. The average Bonchev–Trinajstić information content (AvgIpc) is 2.58. The number of rotatable bonds is 4. The second-order valence-electron chi connectivity index (χ2n) is 5.44. The lowest BCUT2D eigenvalue weighted by Crippen LogP contribution is -2.09. The van der Waals surface area contributed by atoms with E-state index in [9.17, 15) is 9.59 Å². The molecule has 0 amide bonds. The van der Waals surface area contributed by atoms with Crippen molar-refractivity contribution >= 4 is 44.6 Å². The number of hydrogen-bond acceptors (Lipinski definition) is 3. The fourth-order valence-electron chi connectivity index (χ4n) is 3.16. The Morgan fingerprint density at radius 3 is 2.22 bits per heavy atom. The fraction of sp³-hybridized carbons (Fsp3) is 0.0526. The van der Waals surface area contributed by atoms with E-state index in [1.165, 1.54) is 0 Å². The standard InChI is InChI=1S/C19H12O4/c20-9-13-2-1-11-4-7-15-16(23-10-17(21)22)8-5-12-3-6-14(13)18(11)19(12)15/h1-9H,10H2,(H,21,22). The van der Waals surface area contributed by atoms with Crippen LogP contribution in [0.1, 0.15) is 10.4 Å². The van der Waals surface area contributed by atoms with Crippen LogP contribution in [0.5, 0.6) is 5.75 Å². The van der Waals surface area contributed by atoms with Gasteiger partial charge in [-0.1, -0.05) is 36.4 Å². The van der Waals surface area contributed by atoms with Crippen LogP contribution in [0.25, 0.3) is 32.3 Å². The van der Waals surface area contributed by atoms with Crippen molar-refractivity contribution in [3.8, 4) is 5.75 Å². The van der Waals surface area contributed by atoms with Gasteiger partial charge in [-0.25, -0.2) is 4.79 Å². The van der Waals surface area contributed by atoms with Crippen LogP contribution in [-0.2, 0) is 4.79 Å². The number of aliphatic carboxylic acids is 1. The minimum Gasteiger partial charge on any atom is -0.481 e. The zero-order chi connectivity index (χ0) is 16.0. The molecule has 0 unspecified atom stereocenters. The van der Waals surface area contributed by atoms with Crippen molar-refractivity contribution in [1.82, 2.24) is 0 Å². The molecule has 0 spiro atoms. The predicted molar refractivity (Wildman–Crippen MR) is 88.7 cm³/mol. The molecule has 0 aliphatic heterocycles. The van der Waals surface area contributed by atoms with Crippen LogP contribution in [0.3, 0.4) is 0 Å². The number of carboxylic acids is 1. The molecular formula is C19H12O4. The molecule has 0 saturated heterocycles. The third kappa shape index (κ3) is 1.99. The molecule has 0 aromatic heterocycles. The summed E-state index contributed by atoms with van der Waals surface area (Å²) in [6, 6.07) is 15.3. The summed E-state index contributed by atoms with van der Waals surface area (Å²) in [4.78, 5) is 22.1. The number of hydrogen-bond donors (Lipinski definition) is 1. The van der Waals surface area contributed by atoms with Crippen molar-refractivity contribution in [3.63, 3.8) is 0 Å². The molecular weight excluding hydrogens is 292 g/mol. The first-order valence-corrected chi connectivity index (χ1v) is 7.19. The molecule has 0 saturated carbocycles. The summed E-state index contributed by atoms with van der Waals surface area (Å²) in [7, 11) is 0. The molecule has 0 heterocycles. The molecule has 4 aromatic carbocycles. The monoisotopic (exact) mass is 304 g/mol. The lowest BCUT2D eigenvalue weighted by molar-refractivity contribution is -0.139. The third-order valence-electron chi connectivity index (χ3n) is 4.14. The van der Waals surface area contributed by atoms with Crippen LogP contribution in [0, 0.1) is 0 Å². The quantitative estimate of drug-likeness (QED) is 0.459. The minimum atomic E-state index is -1.01. The van der Waals surface area contributed by atoms with Crippen molar-refractivity contribution in [2.24, 2.45) is 0 Å². The van der Waals surface area contributed by atoms with Crippen molar-refractivity contribution in [3.05, 3.63) is 54.1 Å². The SMILES string of the molecule is O=Cc1ccc2ccc3c(OCC(=O)O)ccc4ccc1c2c43. The van der Waals surface area contributed by atoms with E-state index in [4.69, 9.17) is 9.84 Å². The van der Waals surface area contributed by atoms with Crippen molar-refractivity contribution in [2.75, 3.05) is 6.61 Å². The van der Waals surface area contributed by atoms with E-state index in [1.54, 1.807) is 6.07 Å². The van der Waals surface area contributed by atoms with E-state index in [-0.39, 0.29) is 6.61 Å². The Labute approximate surface area is 131 Å². The first-order chi connectivity index (χ1) is 11.2. The Morgan fingerprint density at radius 1 is 0.913 bits per heavy atom. The smallest absolute Gasteiger partial charge is 0.341 e. The van der Waals surface area contributed by atoms with Crippen molar-refractivity contribution in [1.29, 1.82) is 0 Å². The van der Waals surface area contributed by atoms with Gasteiger partial charge in [0.25, 0.3) is 0 Å². The lowest BCUT2D eigenvalue weighted by Gasteiger charge is -2.14. The summed E-state index contributed by atoms with van der Waals surface area (Å²) in [5, 5.41) is 14.6. The summed E-state index contributed by atoms with van der Waals surface area (Å²) in [6.07, 6.45) is 0.855. The molecule has 0 atom stereocenters. The Kier molecular flexibility index (Phi) is 2.91. The maximum atomic E-state index is 11.3. The topological polar surface area (TPSA) is 63.6 Å². The summed E-state index contributed by atoms with van der Waals surface area (Å²) < 4.78 is 5.41. The highest BCUT2D eigenvalue weighted by atomic mass is 16.5. The molecule has 1 N–H and O–H groups in total. The molecule has 4 rings (SSSR count). The van der Waals surface area contributed by atoms with Gasteiger partial charge in [0.15, 0.2) is 12.9 Å². The molecule has 112 valence electrons. The van der Waals surface area contributed by atoms with Gasteiger partial charge < -0.3 is 9.84 Å². The Morgan fingerprint density at radius 2 is 1.52 bits per heavy atom. The summed E-state index contributed by atoms with van der Waals surface area (Å²) >= 11 is 0. The zero-order valence-corrected chi connectivity index (χ0v) is 12.1. The summed E-state index contributed by atoms with van der Waals surface area (Å²) in [5.74, 6) is -0.482. The van der Waals surface area contributed by atoms with Crippen LogP contribution in [0.15, 0.2) is 48.5 Å². The maximum Gasteiger partial charge on any atom is 0.341 e. The Hall–Kier alpha value is -3.14. The number of carbonyl (C=O) groups is 2. The van der Waals surface area contributed by atoms with Gasteiger partial charge in [-0.3, -0.25) is 4.79 Å². The number of aldehydes is 1. The van der Waals surface area contributed by atoms with E-state index in [1.807, 2.05) is 42.5 Å². The maximum absolute atomic E-state index is 11.3. The number of carboxylic acid groups (broad SMARTS) is 1. The molecule has 0 radical (unpaired) electrons. The van der Waals surface area contributed by atoms with E-state index < -0.39 is 5.97 Å². The second kappa shape index (κ2) is 4.95. The van der Waals surface area contributed by atoms with Crippen LogP contribution >= 0.6 is 0 Å². The van der Waals surface area contributed by atoms with Gasteiger partial charge in [0, 0.05) is 16.3 Å². The van der Waals surface area contributed by atoms with Gasteiger partial charge >= 0.3 is 5.97 Å². The average molecular weight is 304 g/mol. The largest absolute Gasteiger partial charge is 0.481 e. The van der Waals surface area contributed by atoms with Crippen LogP contribution in [0.2, 0.25) is 0 Å². The van der Waals surface area contributed by atoms with E-state index in [0.717, 1.165) is 38.6 Å². The number of ether oxygens (including phenoxy) is 1. The van der Waals surface area contributed by atoms with Gasteiger partial charge in [0.05, 0.1) is 0 Å². The van der Waals surface area contributed by atoms with Crippen LogP contribution in [0.4, 0.5) is 0 Å². The number of carbonyl (C=O) groups excluding carboxylic acids is 1. The van der Waals surface area contributed by atoms with Gasteiger partial charge in [-0.2, -0.15) is 0 Å².